The first-order valence-corrected chi connectivity index (χ1v) is 8.01. The third kappa shape index (κ3) is 6.20. The van der Waals surface area contributed by atoms with Gasteiger partial charge in [0.15, 0.2) is 0 Å². The third-order valence-corrected chi connectivity index (χ3v) is 3.29. The number of halogens is 1. The van der Waals surface area contributed by atoms with E-state index in [1.54, 1.807) is 12.4 Å². The number of pyridine rings is 1. The van der Waals surface area contributed by atoms with E-state index in [9.17, 15) is 0 Å². The lowest BCUT2D eigenvalue weighted by atomic mass is 10.3. The molecule has 0 aliphatic heterocycles. The van der Waals surface area contributed by atoms with Gasteiger partial charge in [-0.1, -0.05) is 18.5 Å². The first kappa shape index (κ1) is 18.7. The van der Waals surface area contributed by atoms with Crippen LogP contribution in [0.3, 0.4) is 0 Å². The number of aliphatic imine (C=N–C) groups is 1. The molecule has 0 aromatic carbocycles. The highest BCUT2D eigenvalue weighted by atomic mass is 35.5. The Morgan fingerprint density at radius 1 is 1.45 bits per heavy atom. The van der Waals surface area contributed by atoms with E-state index in [1.165, 1.54) is 0 Å². The van der Waals surface area contributed by atoms with Crippen molar-refractivity contribution in [2.45, 2.75) is 40.2 Å². The molecule has 1 heterocycles. The Morgan fingerprint density at radius 3 is 2.82 bits per heavy atom. The molecule has 22 heavy (non-hydrogen) atoms. The van der Waals surface area contributed by atoms with E-state index in [0.29, 0.717) is 17.5 Å². The molecule has 5 nitrogen and oxygen atoms in total. The molecule has 0 N–H and O–H groups in total. The summed E-state index contributed by atoms with van der Waals surface area (Å²) in [6.07, 6.45) is 2.66. The number of nitrogens with zero attached hydrogens (tertiary/aromatic N) is 3. The van der Waals surface area contributed by atoms with E-state index in [2.05, 4.69) is 23.8 Å². The normalized spacial score (nSPS) is 12.6. The zero-order valence-corrected chi connectivity index (χ0v) is 14.9. The maximum absolute atomic E-state index is 6.24. The summed E-state index contributed by atoms with van der Waals surface area (Å²) in [5, 5.41) is 0.458. The summed E-state index contributed by atoms with van der Waals surface area (Å²) in [6, 6.07) is 1.78. The van der Waals surface area contributed by atoms with Crippen LogP contribution in [0.2, 0.25) is 5.02 Å². The topological polar surface area (TPSA) is 47.0 Å². The molecule has 0 aliphatic rings. The van der Waals surface area contributed by atoms with Crippen molar-refractivity contribution < 1.29 is 9.47 Å². The maximum atomic E-state index is 6.24. The molecule has 6 heteroatoms. The van der Waals surface area contributed by atoms with Gasteiger partial charge in [-0.3, -0.25) is 0 Å². The van der Waals surface area contributed by atoms with Crippen molar-refractivity contribution in [2.75, 3.05) is 26.8 Å². The van der Waals surface area contributed by atoms with Gasteiger partial charge in [0.05, 0.1) is 24.3 Å². The van der Waals surface area contributed by atoms with Crippen molar-refractivity contribution in [3.63, 3.8) is 0 Å². The molecule has 0 aliphatic carbocycles. The fourth-order valence-electron chi connectivity index (χ4n) is 1.62. The molecule has 0 bridgehead atoms. The smallest absolute Gasteiger partial charge is 0.233 e. The summed E-state index contributed by atoms with van der Waals surface area (Å²) in [4.78, 5) is 10.8. The second kappa shape index (κ2) is 9.64. The van der Waals surface area contributed by atoms with Crippen LogP contribution in [0.15, 0.2) is 11.1 Å². The van der Waals surface area contributed by atoms with Gasteiger partial charge in [-0.2, -0.15) is 0 Å². The van der Waals surface area contributed by atoms with Crippen LogP contribution in [0.5, 0.6) is 5.88 Å². The van der Waals surface area contributed by atoms with Crippen molar-refractivity contribution in [3.05, 3.63) is 16.8 Å². The molecule has 124 valence electrons. The Morgan fingerprint density at radius 2 is 2.18 bits per heavy atom. The first-order valence-electron chi connectivity index (χ1n) is 7.63. The molecular weight excluding hydrogens is 302 g/mol. The Hall–Kier alpha value is -1.33. The van der Waals surface area contributed by atoms with Crippen LogP contribution < -0.4 is 4.74 Å². The van der Waals surface area contributed by atoms with Crippen LogP contribution in [-0.2, 0) is 4.74 Å². The van der Waals surface area contributed by atoms with Gasteiger partial charge in [0.2, 0.25) is 5.88 Å². The predicted molar refractivity (Wildman–Crippen MR) is 91.6 cm³/mol. The standard InChI is InChI=1S/C16H26ClN3O2/c1-6-8-21-10-12(3)22-16-14(17)9-15(13(4)19-16)18-11-20(5)7-2/h9,11-12H,6-8,10H2,1-5H3/b18-11-. The Balaban J connectivity index is 2.74. The number of rotatable bonds is 9. The lowest BCUT2D eigenvalue weighted by Gasteiger charge is -2.16. The zero-order chi connectivity index (χ0) is 16.5. The fourth-order valence-corrected chi connectivity index (χ4v) is 1.81. The van der Waals surface area contributed by atoms with Gasteiger partial charge in [0.1, 0.15) is 11.1 Å². The SMILES string of the molecule is CCCOCC(C)Oc1nc(C)c(/N=C\N(C)CC)cc1Cl. The molecule has 0 saturated heterocycles. The van der Waals surface area contributed by atoms with Crippen molar-refractivity contribution in [3.8, 4) is 5.88 Å². The van der Waals surface area contributed by atoms with Crippen molar-refractivity contribution in [1.29, 1.82) is 0 Å². The predicted octanol–water partition coefficient (Wildman–Crippen LogP) is 3.85. The Bertz CT molecular complexity index is 495. The van der Waals surface area contributed by atoms with E-state index >= 15 is 0 Å². The average molecular weight is 328 g/mol. The average Bonchev–Trinajstić information content (AvgIpc) is 2.49. The molecule has 0 radical (unpaired) electrons. The summed E-state index contributed by atoms with van der Waals surface area (Å²) >= 11 is 6.24. The van der Waals surface area contributed by atoms with Gasteiger partial charge in [0.25, 0.3) is 0 Å². The second-order valence-corrected chi connectivity index (χ2v) is 5.61. The highest BCUT2D eigenvalue weighted by Gasteiger charge is 2.12. The minimum absolute atomic E-state index is 0.100. The lowest BCUT2D eigenvalue weighted by Crippen LogP contribution is -2.20. The highest BCUT2D eigenvalue weighted by molar-refractivity contribution is 6.32. The van der Waals surface area contributed by atoms with Gasteiger partial charge < -0.3 is 14.4 Å². The minimum Gasteiger partial charge on any atom is -0.471 e. The molecule has 0 saturated carbocycles. The molecular formula is C16H26ClN3O2. The van der Waals surface area contributed by atoms with Crippen LogP contribution in [0.25, 0.3) is 0 Å². The van der Waals surface area contributed by atoms with E-state index in [-0.39, 0.29) is 6.10 Å². The molecule has 0 amide bonds. The molecule has 0 fully saturated rings. The van der Waals surface area contributed by atoms with E-state index in [0.717, 1.165) is 31.0 Å². The van der Waals surface area contributed by atoms with Crippen LogP contribution >= 0.6 is 11.6 Å². The summed E-state index contributed by atoms with van der Waals surface area (Å²) < 4.78 is 11.2. The quantitative estimate of drug-likeness (QED) is 0.392. The van der Waals surface area contributed by atoms with Crippen molar-refractivity contribution >= 4 is 23.6 Å². The molecule has 1 unspecified atom stereocenters. The second-order valence-electron chi connectivity index (χ2n) is 5.20. The number of ether oxygens (including phenoxy) is 2. The molecule has 1 aromatic heterocycles. The maximum Gasteiger partial charge on any atom is 0.233 e. The van der Waals surface area contributed by atoms with Crippen LogP contribution in [0.1, 0.15) is 32.9 Å². The number of aromatic nitrogens is 1. The van der Waals surface area contributed by atoms with Crippen molar-refractivity contribution in [2.24, 2.45) is 4.99 Å². The minimum atomic E-state index is -0.100. The Labute approximate surface area is 138 Å². The zero-order valence-electron chi connectivity index (χ0n) is 14.1. The number of hydrogen-bond donors (Lipinski definition) is 0. The van der Waals surface area contributed by atoms with Gasteiger partial charge >= 0.3 is 0 Å². The first-order chi connectivity index (χ1) is 10.5. The van der Waals surface area contributed by atoms with E-state index < -0.39 is 0 Å². The Kier molecular flexibility index (Phi) is 8.20. The molecule has 1 aromatic rings. The highest BCUT2D eigenvalue weighted by Crippen LogP contribution is 2.29. The summed E-state index contributed by atoms with van der Waals surface area (Å²) in [5.74, 6) is 0.426. The summed E-state index contributed by atoms with van der Waals surface area (Å²) in [5.41, 5.74) is 1.52. The van der Waals surface area contributed by atoms with Gasteiger partial charge in [-0.25, -0.2) is 9.98 Å². The van der Waals surface area contributed by atoms with Gasteiger partial charge in [-0.05, 0) is 33.3 Å². The molecule has 1 atom stereocenters. The number of aryl methyl sites for hydroxylation is 1. The van der Waals surface area contributed by atoms with Gasteiger partial charge in [0, 0.05) is 20.2 Å². The molecule has 0 spiro atoms. The van der Waals surface area contributed by atoms with Crippen LogP contribution in [-0.4, -0.2) is 49.1 Å². The number of hydrogen-bond acceptors (Lipinski definition) is 4. The van der Waals surface area contributed by atoms with E-state index in [1.807, 2.05) is 25.8 Å². The molecule has 1 rings (SSSR count). The van der Waals surface area contributed by atoms with E-state index in [4.69, 9.17) is 21.1 Å². The van der Waals surface area contributed by atoms with Gasteiger partial charge in [-0.15, -0.1) is 0 Å². The van der Waals surface area contributed by atoms with Crippen LogP contribution in [0, 0.1) is 6.92 Å². The largest absolute Gasteiger partial charge is 0.471 e. The summed E-state index contributed by atoms with van der Waals surface area (Å²) in [7, 11) is 1.96. The fraction of sp³-hybridized carbons (Fsp3) is 0.625. The van der Waals surface area contributed by atoms with Crippen molar-refractivity contribution in [1.82, 2.24) is 9.88 Å². The van der Waals surface area contributed by atoms with Crippen LogP contribution in [0.4, 0.5) is 5.69 Å². The lowest BCUT2D eigenvalue weighted by molar-refractivity contribution is 0.0568. The third-order valence-electron chi connectivity index (χ3n) is 3.01. The summed E-state index contributed by atoms with van der Waals surface area (Å²) in [6.45, 7) is 10.1. The monoisotopic (exact) mass is 327 g/mol.